The van der Waals surface area contributed by atoms with Gasteiger partial charge in [0.2, 0.25) is 0 Å². The highest BCUT2D eigenvalue weighted by molar-refractivity contribution is 5.56. The van der Waals surface area contributed by atoms with Crippen molar-refractivity contribution in [2.75, 3.05) is 23.3 Å². The van der Waals surface area contributed by atoms with E-state index in [1.54, 1.807) is 0 Å². The predicted molar refractivity (Wildman–Crippen MR) is 80.4 cm³/mol. The number of rotatable bonds is 8. The van der Waals surface area contributed by atoms with E-state index in [0.717, 1.165) is 25.2 Å². The van der Waals surface area contributed by atoms with E-state index in [4.69, 9.17) is 0 Å². The fraction of sp³-hybridized carbons (Fsp3) is 0.667. The Balaban J connectivity index is 2.85. The Bertz CT molecular complexity index is 338. The number of pyridine rings is 1. The first-order valence-corrected chi connectivity index (χ1v) is 7.18. The van der Waals surface area contributed by atoms with Crippen LogP contribution >= 0.6 is 0 Å². The van der Waals surface area contributed by atoms with E-state index >= 15 is 0 Å². The maximum absolute atomic E-state index is 4.34. The van der Waals surface area contributed by atoms with Gasteiger partial charge in [0.25, 0.3) is 0 Å². The molecule has 1 aromatic rings. The lowest BCUT2D eigenvalue weighted by atomic mass is 10.1. The summed E-state index contributed by atoms with van der Waals surface area (Å²) < 4.78 is 0. The van der Waals surface area contributed by atoms with Gasteiger partial charge in [-0.2, -0.15) is 0 Å². The van der Waals surface area contributed by atoms with Crippen LogP contribution in [0.3, 0.4) is 0 Å². The molecule has 0 aromatic carbocycles. The Kier molecular flexibility index (Phi) is 6.55. The highest BCUT2D eigenvalue weighted by Gasteiger charge is 2.13. The number of anilines is 2. The summed E-state index contributed by atoms with van der Waals surface area (Å²) in [4.78, 5) is 6.81. The molecule has 0 aliphatic rings. The van der Waals surface area contributed by atoms with Gasteiger partial charge in [-0.05, 0) is 32.8 Å². The molecule has 1 N–H and O–H groups in total. The van der Waals surface area contributed by atoms with Gasteiger partial charge in [0.1, 0.15) is 0 Å². The predicted octanol–water partition coefficient (Wildman–Crippen LogP) is 3.92. The first-order chi connectivity index (χ1) is 8.72. The molecule has 1 heterocycles. The number of aromatic nitrogens is 1. The van der Waals surface area contributed by atoms with E-state index in [-0.39, 0.29) is 0 Å². The van der Waals surface area contributed by atoms with Crippen LogP contribution in [0.4, 0.5) is 11.4 Å². The minimum Gasteiger partial charge on any atom is -0.384 e. The third-order valence-electron chi connectivity index (χ3n) is 3.31. The van der Waals surface area contributed by atoms with Crippen LogP contribution in [-0.4, -0.2) is 24.1 Å². The molecule has 1 aromatic heterocycles. The molecule has 102 valence electrons. The fourth-order valence-corrected chi connectivity index (χ4v) is 2.04. The van der Waals surface area contributed by atoms with E-state index in [1.165, 1.54) is 18.5 Å². The van der Waals surface area contributed by atoms with Crippen LogP contribution in [0, 0.1) is 0 Å². The zero-order chi connectivity index (χ0) is 13.4. The number of hydrogen-bond acceptors (Lipinski definition) is 3. The van der Waals surface area contributed by atoms with Crippen LogP contribution in [-0.2, 0) is 0 Å². The Labute approximate surface area is 112 Å². The molecule has 0 saturated carbocycles. The second kappa shape index (κ2) is 7.96. The third-order valence-corrected chi connectivity index (χ3v) is 3.31. The number of unbranched alkanes of at least 4 members (excludes halogenated alkanes) is 1. The minimum absolute atomic E-state index is 0.565. The smallest absolute Gasteiger partial charge is 0.0575 e. The Morgan fingerprint density at radius 2 is 2.06 bits per heavy atom. The van der Waals surface area contributed by atoms with Gasteiger partial charge in [-0.25, -0.2) is 0 Å². The maximum atomic E-state index is 4.34. The van der Waals surface area contributed by atoms with Gasteiger partial charge in [0.05, 0.1) is 23.8 Å². The monoisotopic (exact) mass is 249 g/mol. The largest absolute Gasteiger partial charge is 0.384 e. The topological polar surface area (TPSA) is 28.2 Å². The summed E-state index contributed by atoms with van der Waals surface area (Å²) >= 11 is 0. The first kappa shape index (κ1) is 14.8. The lowest BCUT2D eigenvalue weighted by Gasteiger charge is -2.30. The molecule has 0 fully saturated rings. The van der Waals surface area contributed by atoms with Crippen LogP contribution in [0.15, 0.2) is 18.5 Å². The summed E-state index contributed by atoms with van der Waals surface area (Å²) in [6, 6.07) is 2.77. The van der Waals surface area contributed by atoms with Gasteiger partial charge < -0.3 is 10.2 Å². The van der Waals surface area contributed by atoms with Crippen molar-refractivity contribution >= 4 is 11.4 Å². The standard InChI is InChI=1S/C15H27N3/c1-5-8-9-18(13(4)6-2)15-10-14(17-7-3)11-16-12-15/h10-13,17H,5-9H2,1-4H3. The SMILES string of the molecule is CCCCN(c1cncc(NCC)c1)C(C)CC. The van der Waals surface area contributed by atoms with Crippen molar-refractivity contribution in [3.05, 3.63) is 18.5 Å². The first-order valence-electron chi connectivity index (χ1n) is 7.18. The molecule has 0 amide bonds. The Morgan fingerprint density at radius 3 is 2.67 bits per heavy atom. The second-order valence-electron chi connectivity index (χ2n) is 4.77. The van der Waals surface area contributed by atoms with Crippen molar-refractivity contribution < 1.29 is 0 Å². The zero-order valence-corrected chi connectivity index (χ0v) is 12.2. The minimum atomic E-state index is 0.565. The quantitative estimate of drug-likeness (QED) is 0.757. The summed E-state index contributed by atoms with van der Waals surface area (Å²) in [7, 11) is 0. The average Bonchev–Trinajstić information content (AvgIpc) is 2.39. The average molecular weight is 249 g/mol. The molecule has 1 rings (SSSR count). The van der Waals surface area contributed by atoms with Crippen LogP contribution in [0.1, 0.15) is 47.0 Å². The molecule has 0 aliphatic heterocycles. The van der Waals surface area contributed by atoms with E-state index in [0.29, 0.717) is 6.04 Å². The van der Waals surface area contributed by atoms with Gasteiger partial charge in [-0.1, -0.05) is 20.3 Å². The van der Waals surface area contributed by atoms with Crippen molar-refractivity contribution in [1.82, 2.24) is 4.98 Å². The van der Waals surface area contributed by atoms with Crippen molar-refractivity contribution in [2.45, 2.75) is 53.0 Å². The van der Waals surface area contributed by atoms with E-state index in [1.807, 2.05) is 12.4 Å². The van der Waals surface area contributed by atoms with Crippen LogP contribution < -0.4 is 10.2 Å². The molecule has 0 aliphatic carbocycles. The molecule has 18 heavy (non-hydrogen) atoms. The molecule has 1 unspecified atom stereocenters. The van der Waals surface area contributed by atoms with Gasteiger partial charge in [-0.3, -0.25) is 4.98 Å². The van der Waals surface area contributed by atoms with Crippen molar-refractivity contribution in [3.8, 4) is 0 Å². The number of hydrogen-bond donors (Lipinski definition) is 1. The number of nitrogens with one attached hydrogen (secondary N) is 1. The highest BCUT2D eigenvalue weighted by atomic mass is 15.2. The molecule has 1 atom stereocenters. The van der Waals surface area contributed by atoms with E-state index in [2.05, 4.69) is 49.0 Å². The van der Waals surface area contributed by atoms with Crippen LogP contribution in [0.2, 0.25) is 0 Å². The normalized spacial score (nSPS) is 12.2. The summed E-state index contributed by atoms with van der Waals surface area (Å²) in [5.74, 6) is 0. The number of nitrogens with zero attached hydrogens (tertiary/aromatic N) is 2. The molecule has 0 spiro atoms. The summed E-state index contributed by atoms with van der Waals surface area (Å²) in [6.07, 6.45) is 7.49. The van der Waals surface area contributed by atoms with Gasteiger partial charge >= 0.3 is 0 Å². The van der Waals surface area contributed by atoms with Crippen molar-refractivity contribution in [3.63, 3.8) is 0 Å². The van der Waals surface area contributed by atoms with Crippen LogP contribution in [0.25, 0.3) is 0 Å². The van der Waals surface area contributed by atoms with Gasteiger partial charge in [0, 0.05) is 19.1 Å². The van der Waals surface area contributed by atoms with Gasteiger partial charge in [0.15, 0.2) is 0 Å². The summed E-state index contributed by atoms with van der Waals surface area (Å²) in [5, 5.41) is 3.33. The summed E-state index contributed by atoms with van der Waals surface area (Å²) in [5.41, 5.74) is 2.34. The lowest BCUT2D eigenvalue weighted by Crippen LogP contribution is -2.33. The molecular weight excluding hydrogens is 222 g/mol. The fourth-order valence-electron chi connectivity index (χ4n) is 2.04. The van der Waals surface area contributed by atoms with Crippen LogP contribution in [0.5, 0.6) is 0 Å². The molecular formula is C15H27N3. The highest BCUT2D eigenvalue weighted by Crippen LogP contribution is 2.21. The molecule has 0 saturated heterocycles. The summed E-state index contributed by atoms with van der Waals surface area (Å²) in [6.45, 7) is 10.9. The molecule has 3 heteroatoms. The molecule has 3 nitrogen and oxygen atoms in total. The maximum Gasteiger partial charge on any atom is 0.0575 e. The van der Waals surface area contributed by atoms with E-state index in [9.17, 15) is 0 Å². The lowest BCUT2D eigenvalue weighted by molar-refractivity contribution is 0.595. The van der Waals surface area contributed by atoms with Crippen molar-refractivity contribution in [2.24, 2.45) is 0 Å². The Morgan fingerprint density at radius 1 is 1.28 bits per heavy atom. The zero-order valence-electron chi connectivity index (χ0n) is 12.2. The van der Waals surface area contributed by atoms with Gasteiger partial charge in [-0.15, -0.1) is 0 Å². The second-order valence-corrected chi connectivity index (χ2v) is 4.77. The molecule has 0 radical (unpaired) electrons. The third kappa shape index (κ3) is 4.21. The molecule has 0 bridgehead atoms. The van der Waals surface area contributed by atoms with E-state index < -0.39 is 0 Å². The van der Waals surface area contributed by atoms with Crippen molar-refractivity contribution in [1.29, 1.82) is 0 Å². The Hall–Kier alpha value is -1.25.